The average Bonchev–Trinajstić information content (AvgIpc) is 3.20. The molecule has 1 N–H and O–H groups in total. The summed E-state index contributed by atoms with van der Waals surface area (Å²) in [5, 5.41) is 2.85. The van der Waals surface area contributed by atoms with Crippen LogP contribution in [-0.2, 0) is 0 Å². The zero-order chi connectivity index (χ0) is 17.4. The Labute approximate surface area is 144 Å². The topological polar surface area (TPSA) is 77.1 Å². The SMILES string of the molecule is Cc1ncn(-c2ccc(NC(=O)c3cn4cccnc4n3)cc2)c1C. The Kier molecular flexibility index (Phi) is 3.53. The maximum Gasteiger partial charge on any atom is 0.275 e. The second-order valence-corrected chi connectivity index (χ2v) is 5.74. The summed E-state index contributed by atoms with van der Waals surface area (Å²) < 4.78 is 3.72. The molecular weight excluding hydrogens is 316 g/mol. The van der Waals surface area contributed by atoms with Crippen molar-refractivity contribution in [3.05, 3.63) is 72.3 Å². The molecule has 0 radical (unpaired) electrons. The molecule has 3 aromatic heterocycles. The average molecular weight is 332 g/mol. The third-order valence-corrected chi connectivity index (χ3v) is 4.12. The number of imidazole rings is 2. The van der Waals surface area contributed by atoms with Gasteiger partial charge in [-0.05, 0) is 44.2 Å². The number of anilines is 1. The smallest absolute Gasteiger partial charge is 0.275 e. The van der Waals surface area contributed by atoms with E-state index in [0.717, 1.165) is 17.1 Å². The number of carbonyl (C=O) groups is 1. The summed E-state index contributed by atoms with van der Waals surface area (Å²) in [7, 11) is 0. The van der Waals surface area contributed by atoms with Gasteiger partial charge in [-0.15, -0.1) is 0 Å². The molecule has 4 rings (SSSR count). The minimum Gasteiger partial charge on any atom is -0.321 e. The first kappa shape index (κ1) is 15.1. The van der Waals surface area contributed by atoms with Crippen LogP contribution in [0.3, 0.4) is 0 Å². The molecule has 0 aliphatic heterocycles. The minimum atomic E-state index is -0.270. The molecule has 0 unspecified atom stereocenters. The lowest BCUT2D eigenvalue weighted by molar-refractivity contribution is 0.102. The van der Waals surface area contributed by atoms with Crippen molar-refractivity contribution in [1.82, 2.24) is 23.9 Å². The highest BCUT2D eigenvalue weighted by Gasteiger charge is 2.12. The molecular formula is C18H16N6O. The Morgan fingerprint density at radius 1 is 1.12 bits per heavy atom. The Hall–Kier alpha value is -3.48. The molecule has 1 aromatic carbocycles. The summed E-state index contributed by atoms with van der Waals surface area (Å²) in [5.74, 6) is 0.224. The Bertz CT molecular complexity index is 1030. The fourth-order valence-corrected chi connectivity index (χ4v) is 2.60. The van der Waals surface area contributed by atoms with Crippen molar-refractivity contribution in [2.24, 2.45) is 0 Å². The molecule has 1 amide bonds. The number of aryl methyl sites for hydroxylation is 1. The summed E-state index contributed by atoms with van der Waals surface area (Å²) in [6.45, 7) is 4.00. The zero-order valence-electron chi connectivity index (χ0n) is 13.8. The van der Waals surface area contributed by atoms with E-state index in [1.165, 1.54) is 0 Å². The first-order chi connectivity index (χ1) is 12.1. The van der Waals surface area contributed by atoms with E-state index in [-0.39, 0.29) is 5.91 Å². The van der Waals surface area contributed by atoms with Crippen LogP contribution in [0.1, 0.15) is 21.9 Å². The summed E-state index contributed by atoms with van der Waals surface area (Å²) in [6.07, 6.45) is 6.89. The van der Waals surface area contributed by atoms with E-state index in [4.69, 9.17) is 0 Å². The highest BCUT2D eigenvalue weighted by molar-refractivity contribution is 6.03. The van der Waals surface area contributed by atoms with Gasteiger partial charge in [-0.25, -0.2) is 15.0 Å². The van der Waals surface area contributed by atoms with E-state index in [1.54, 1.807) is 35.4 Å². The maximum absolute atomic E-state index is 12.4. The zero-order valence-corrected chi connectivity index (χ0v) is 13.8. The van der Waals surface area contributed by atoms with Crippen molar-refractivity contribution in [3.63, 3.8) is 0 Å². The number of fused-ring (bicyclic) bond motifs is 1. The van der Waals surface area contributed by atoms with Gasteiger partial charge in [0.05, 0.1) is 12.0 Å². The summed E-state index contributed by atoms with van der Waals surface area (Å²) in [6, 6.07) is 9.38. The van der Waals surface area contributed by atoms with Crippen LogP contribution in [0.5, 0.6) is 0 Å². The lowest BCUT2D eigenvalue weighted by Gasteiger charge is -2.08. The largest absolute Gasteiger partial charge is 0.321 e. The van der Waals surface area contributed by atoms with Crippen molar-refractivity contribution >= 4 is 17.4 Å². The number of carbonyl (C=O) groups excluding carboxylic acids is 1. The third kappa shape index (κ3) is 2.76. The summed E-state index contributed by atoms with van der Waals surface area (Å²) in [5.41, 5.74) is 4.11. The van der Waals surface area contributed by atoms with E-state index in [9.17, 15) is 4.79 Å². The monoisotopic (exact) mass is 332 g/mol. The highest BCUT2D eigenvalue weighted by atomic mass is 16.1. The van der Waals surface area contributed by atoms with Gasteiger partial charge in [-0.2, -0.15) is 0 Å². The van der Waals surface area contributed by atoms with E-state index in [1.807, 2.05) is 42.7 Å². The molecule has 7 heteroatoms. The molecule has 0 atom stereocenters. The third-order valence-electron chi connectivity index (χ3n) is 4.12. The highest BCUT2D eigenvalue weighted by Crippen LogP contribution is 2.17. The van der Waals surface area contributed by atoms with Gasteiger partial charge in [0.2, 0.25) is 5.78 Å². The van der Waals surface area contributed by atoms with Gasteiger partial charge >= 0.3 is 0 Å². The van der Waals surface area contributed by atoms with Crippen molar-refractivity contribution in [2.75, 3.05) is 5.32 Å². The van der Waals surface area contributed by atoms with E-state index in [2.05, 4.69) is 20.3 Å². The Morgan fingerprint density at radius 2 is 1.92 bits per heavy atom. The molecule has 0 spiro atoms. The van der Waals surface area contributed by atoms with E-state index in [0.29, 0.717) is 17.2 Å². The van der Waals surface area contributed by atoms with Crippen molar-refractivity contribution < 1.29 is 4.79 Å². The van der Waals surface area contributed by atoms with Gasteiger partial charge in [0.15, 0.2) is 0 Å². The van der Waals surface area contributed by atoms with Crippen molar-refractivity contribution in [1.29, 1.82) is 0 Å². The molecule has 3 heterocycles. The predicted molar refractivity (Wildman–Crippen MR) is 94.0 cm³/mol. The molecule has 0 saturated carbocycles. The Morgan fingerprint density at radius 3 is 2.60 bits per heavy atom. The fourth-order valence-electron chi connectivity index (χ4n) is 2.60. The van der Waals surface area contributed by atoms with Gasteiger partial charge in [0, 0.05) is 35.7 Å². The number of rotatable bonds is 3. The van der Waals surface area contributed by atoms with Crippen LogP contribution in [0.2, 0.25) is 0 Å². The van der Waals surface area contributed by atoms with E-state index < -0.39 is 0 Å². The van der Waals surface area contributed by atoms with Crippen LogP contribution in [-0.4, -0.2) is 29.8 Å². The lowest BCUT2D eigenvalue weighted by atomic mass is 10.2. The molecule has 0 bridgehead atoms. The minimum absolute atomic E-state index is 0.270. The first-order valence-electron chi connectivity index (χ1n) is 7.84. The van der Waals surface area contributed by atoms with Crippen LogP contribution in [0.4, 0.5) is 5.69 Å². The van der Waals surface area contributed by atoms with E-state index >= 15 is 0 Å². The number of aromatic nitrogens is 5. The lowest BCUT2D eigenvalue weighted by Crippen LogP contribution is -2.12. The van der Waals surface area contributed by atoms with Crippen LogP contribution in [0, 0.1) is 13.8 Å². The number of hydrogen-bond acceptors (Lipinski definition) is 4. The molecule has 0 aliphatic rings. The number of amides is 1. The van der Waals surface area contributed by atoms with Crippen LogP contribution in [0.25, 0.3) is 11.5 Å². The molecule has 4 aromatic rings. The maximum atomic E-state index is 12.4. The van der Waals surface area contributed by atoms with Gasteiger partial charge in [0.1, 0.15) is 5.69 Å². The molecule has 25 heavy (non-hydrogen) atoms. The summed E-state index contributed by atoms with van der Waals surface area (Å²) in [4.78, 5) is 25.0. The van der Waals surface area contributed by atoms with Gasteiger partial charge in [-0.1, -0.05) is 0 Å². The van der Waals surface area contributed by atoms with Gasteiger partial charge in [0.25, 0.3) is 5.91 Å². The second kappa shape index (κ2) is 5.86. The molecule has 124 valence electrons. The summed E-state index contributed by atoms with van der Waals surface area (Å²) >= 11 is 0. The van der Waals surface area contributed by atoms with Gasteiger partial charge < -0.3 is 9.88 Å². The van der Waals surface area contributed by atoms with Crippen LogP contribution < -0.4 is 5.32 Å². The van der Waals surface area contributed by atoms with Gasteiger partial charge in [-0.3, -0.25) is 9.20 Å². The number of hydrogen-bond donors (Lipinski definition) is 1. The number of benzene rings is 1. The van der Waals surface area contributed by atoms with Crippen LogP contribution >= 0.6 is 0 Å². The van der Waals surface area contributed by atoms with Crippen molar-refractivity contribution in [3.8, 4) is 5.69 Å². The molecule has 0 saturated heterocycles. The fraction of sp³-hybridized carbons (Fsp3) is 0.111. The van der Waals surface area contributed by atoms with Crippen molar-refractivity contribution in [2.45, 2.75) is 13.8 Å². The number of nitrogens with zero attached hydrogens (tertiary/aromatic N) is 5. The second-order valence-electron chi connectivity index (χ2n) is 5.74. The number of nitrogens with one attached hydrogen (secondary N) is 1. The first-order valence-corrected chi connectivity index (χ1v) is 7.84. The Balaban J connectivity index is 1.54. The predicted octanol–water partition coefficient (Wildman–Crippen LogP) is 2.78. The van der Waals surface area contributed by atoms with Crippen LogP contribution in [0.15, 0.2) is 55.2 Å². The standard InChI is InChI=1S/C18H16N6O/c1-12-13(2)24(11-20-12)15-6-4-14(5-7-15)21-17(25)16-10-23-9-3-8-19-18(23)22-16/h3-11H,1-2H3,(H,21,25). The normalized spacial score (nSPS) is 11.0. The quantitative estimate of drug-likeness (QED) is 0.626. The molecule has 7 nitrogen and oxygen atoms in total. The molecule has 0 aliphatic carbocycles. The molecule has 0 fully saturated rings.